The Morgan fingerprint density at radius 2 is 1.31 bits per heavy atom. The number of aromatic carboxylic acids is 1. The van der Waals surface area contributed by atoms with Crippen molar-refractivity contribution in [3.63, 3.8) is 0 Å². The predicted octanol–water partition coefficient (Wildman–Crippen LogP) is 6.03. The summed E-state index contributed by atoms with van der Waals surface area (Å²) in [5.74, 6) is -0.526. The fraction of sp³-hybridized carbons (Fsp3) is 0.0357. The van der Waals surface area contributed by atoms with Crippen molar-refractivity contribution in [1.29, 1.82) is 0 Å². The summed E-state index contributed by atoms with van der Waals surface area (Å²) in [6.45, 7) is 0. The Bertz CT molecular complexity index is 1730. The minimum absolute atomic E-state index is 0. The summed E-state index contributed by atoms with van der Waals surface area (Å²) >= 11 is 0. The van der Waals surface area contributed by atoms with Crippen molar-refractivity contribution in [3.05, 3.63) is 89.0 Å². The number of aromatic amines is 2. The average molecular weight is 526 g/mol. The van der Waals surface area contributed by atoms with Crippen LogP contribution in [0.25, 0.3) is 57.5 Å². The zero-order chi connectivity index (χ0) is 23.9. The molecule has 2 aliphatic rings. The smallest absolute Gasteiger partial charge is 0.335 e. The molecule has 0 aliphatic carbocycles. The molecule has 6 rings (SSSR count). The normalized spacial score (nSPS) is 11.8. The third kappa shape index (κ3) is 4.51. The van der Waals surface area contributed by atoms with Gasteiger partial charge in [0.1, 0.15) is 5.75 Å². The molecular formula is C28H20N4O3Zn. The Morgan fingerprint density at radius 3 is 1.89 bits per heavy atom. The van der Waals surface area contributed by atoms with Gasteiger partial charge in [0, 0.05) is 52.7 Å². The van der Waals surface area contributed by atoms with Crippen LogP contribution in [0.3, 0.4) is 0 Å². The summed E-state index contributed by atoms with van der Waals surface area (Å²) in [6, 6.07) is 18.9. The second kappa shape index (κ2) is 9.40. The van der Waals surface area contributed by atoms with Gasteiger partial charge in [0.25, 0.3) is 0 Å². The van der Waals surface area contributed by atoms with Crippen molar-refractivity contribution < 1.29 is 34.1 Å². The largest absolute Gasteiger partial charge is 0.496 e. The van der Waals surface area contributed by atoms with Crippen molar-refractivity contribution >= 4 is 52.3 Å². The molecular weight excluding hydrogens is 506 g/mol. The first-order chi connectivity index (χ1) is 17.0. The molecule has 7 nitrogen and oxygen atoms in total. The van der Waals surface area contributed by atoms with Crippen LogP contribution in [0.2, 0.25) is 0 Å². The summed E-state index contributed by atoms with van der Waals surface area (Å²) in [5, 5.41) is 9.39. The van der Waals surface area contributed by atoms with Crippen molar-refractivity contribution in [3.8, 4) is 16.9 Å². The number of H-pyrrole nitrogens is 2. The first-order valence-electron chi connectivity index (χ1n) is 11.0. The molecule has 2 aliphatic heterocycles. The number of ether oxygens (including phenoxy) is 1. The van der Waals surface area contributed by atoms with E-state index in [4.69, 9.17) is 14.7 Å². The zero-order valence-electron chi connectivity index (χ0n) is 19.4. The van der Waals surface area contributed by atoms with E-state index in [1.54, 1.807) is 12.1 Å². The second-order valence-electron chi connectivity index (χ2n) is 8.31. The van der Waals surface area contributed by atoms with Crippen LogP contribution in [-0.4, -0.2) is 38.1 Å². The number of hydrogen-bond acceptors (Lipinski definition) is 4. The van der Waals surface area contributed by atoms with E-state index in [1.807, 2.05) is 66.8 Å². The van der Waals surface area contributed by atoms with E-state index in [9.17, 15) is 9.90 Å². The standard InChI is InChI=1S/C28H20N4O3.Zn/c1-35-27-10-16(28(33)34)2-9-24(27)25-14-23-13-21-6-5-19(30-21)11-17-3-4-18(29-17)12-20-7-8-22(31-20)15-26(25)32-23;/h2-15,29,32H,1H3,(H,33,34);. The van der Waals surface area contributed by atoms with Crippen LogP contribution < -0.4 is 4.74 Å². The van der Waals surface area contributed by atoms with Gasteiger partial charge in [0.05, 0.1) is 35.4 Å². The summed E-state index contributed by atoms with van der Waals surface area (Å²) in [6.07, 6.45) is 7.87. The Morgan fingerprint density at radius 1 is 0.722 bits per heavy atom. The van der Waals surface area contributed by atoms with Gasteiger partial charge in [-0.05, 0) is 85.0 Å². The predicted molar refractivity (Wildman–Crippen MR) is 138 cm³/mol. The molecule has 1 aromatic carbocycles. The van der Waals surface area contributed by atoms with Gasteiger partial charge in [-0.2, -0.15) is 0 Å². The van der Waals surface area contributed by atoms with Crippen LogP contribution in [0.1, 0.15) is 33.1 Å². The van der Waals surface area contributed by atoms with E-state index in [0.717, 1.165) is 56.0 Å². The van der Waals surface area contributed by atoms with Crippen molar-refractivity contribution in [2.75, 3.05) is 7.11 Å². The first-order valence-corrected chi connectivity index (χ1v) is 11.0. The first kappa shape index (κ1) is 23.5. The van der Waals surface area contributed by atoms with E-state index in [-0.39, 0.29) is 25.0 Å². The molecule has 0 saturated carbocycles. The molecule has 0 unspecified atom stereocenters. The van der Waals surface area contributed by atoms with Gasteiger partial charge in [-0.3, -0.25) is 0 Å². The summed E-state index contributed by atoms with van der Waals surface area (Å²) in [4.78, 5) is 27.7. The number of hydrogen-bond donors (Lipinski definition) is 3. The molecule has 4 aromatic rings. The Kier molecular flexibility index (Phi) is 6.12. The Labute approximate surface area is 219 Å². The number of nitrogens with zero attached hydrogens (tertiary/aromatic N) is 2. The number of fused-ring (bicyclic) bond motifs is 8. The molecule has 0 radical (unpaired) electrons. The van der Waals surface area contributed by atoms with E-state index < -0.39 is 5.97 Å². The van der Waals surface area contributed by atoms with Crippen molar-refractivity contribution in [1.82, 2.24) is 19.9 Å². The molecule has 0 spiro atoms. The summed E-state index contributed by atoms with van der Waals surface area (Å²) < 4.78 is 5.56. The Balaban J connectivity index is 0.00000267. The maximum Gasteiger partial charge on any atom is 0.335 e. The van der Waals surface area contributed by atoms with Gasteiger partial charge < -0.3 is 19.8 Å². The average Bonchev–Trinajstić information content (AvgIpc) is 3.64. The third-order valence-corrected chi connectivity index (χ3v) is 5.91. The number of methoxy groups -OCH3 is 1. The second-order valence-corrected chi connectivity index (χ2v) is 8.31. The molecule has 3 N–H and O–H groups in total. The van der Waals surface area contributed by atoms with Crippen LogP contribution >= 0.6 is 0 Å². The van der Waals surface area contributed by atoms with Gasteiger partial charge in [0.2, 0.25) is 0 Å². The zero-order valence-corrected chi connectivity index (χ0v) is 22.4. The van der Waals surface area contributed by atoms with Crippen LogP contribution in [0.4, 0.5) is 0 Å². The van der Waals surface area contributed by atoms with Crippen molar-refractivity contribution in [2.24, 2.45) is 0 Å². The maximum atomic E-state index is 11.5. The molecule has 8 bridgehead atoms. The number of carboxylic acid groups (broad SMARTS) is 1. The SMILES string of the molecule is COc1cc(C(=O)O)ccc1-c1cc2cc3nc(cc4ccc(cc5nc(cc1[nH]2)C=C5)[nH]4)C=C3.[Zn]. The molecule has 5 heterocycles. The number of nitrogens with one attached hydrogen (secondary N) is 2. The van der Waals surface area contributed by atoms with Gasteiger partial charge in [-0.25, -0.2) is 14.8 Å². The minimum atomic E-state index is -1.00. The molecule has 0 saturated heterocycles. The van der Waals surface area contributed by atoms with E-state index in [2.05, 4.69) is 9.97 Å². The molecule has 0 fully saturated rings. The van der Waals surface area contributed by atoms with Gasteiger partial charge in [0.15, 0.2) is 0 Å². The number of carboxylic acids is 1. The van der Waals surface area contributed by atoms with Crippen molar-refractivity contribution in [2.45, 2.75) is 0 Å². The maximum absolute atomic E-state index is 11.5. The molecule has 3 aromatic heterocycles. The van der Waals surface area contributed by atoms with Crippen LogP contribution in [-0.2, 0) is 19.5 Å². The minimum Gasteiger partial charge on any atom is -0.496 e. The van der Waals surface area contributed by atoms with Gasteiger partial charge >= 0.3 is 5.97 Å². The summed E-state index contributed by atoms with van der Waals surface area (Å²) in [5.41, 5.74) is 8.73. The number of carbonyl (C=O) groups is 1. The summed E-state index contributed by atoms with van der Waals surface area (Å²) in [7, 11) is 1.54. The molecule has 0 atom stereocenters. The molecule has 8 heteroatoms. The number of rotatable bonds is 3. The van der Waals surface area contributed by atoms with E-state index in [0.29, 0.717) is 5.75 Å². The fourth-order valence-corrected chi connectivity index (χ4v) is 4.29. The molecule has 0 amide bonds. The molecule has 36 heavy (non-hydrogen) atoms. The van der Waals surface area contributed by atoms with Gasteiger partial charge in [-0.1, -0.05) is 0 Å². The van der Waals surface area contributed by atoms with Gasteiger partial charge in [-0.15, -0.1) is 0 Å². The topological polar surface area (TPSA) is 104 Å². The fourth-order valence-electron chi connectivity index (χ4n) is 4.29. The third-order valence-electron chi connectivity index (χ3n) is 5.91. The van der Waals surface area contributed by atoms with E-state index >= 15 is 0 Å². The quantitative estimate of drug-likeness (QED) is 0.245. The Hall–Kier alpha value is -4.29. The van der Waals surface area contributed by atoms with Crippen LogP contribution in [0.15, 0.2) is 60.7 Å². The van der Waals surface area contributed by atoms with E-state index in [1.165, 1.54) is 13.2 Å². The van der Waals surface area contributed by atoms with Crippen LogP contribution in [0, 0.1) is 0 Å². The van der Waals surface area contributed by atoms with Crippen LogP contribution in [0.5, 0.6) is 5.75 Å². The molecule has 172 valence electrons. The number of aromatic nitrogens is 4. The number of benzene rings is 1. The monoisotopic (exact) mass is 524 g/mol.